The largest absolute Gasteiger partial charge is 0.377 e. The first-order chi connectivity index (χ1) is 7.19. The van der Waals surface area contributed by atoms with Gasteiger partial charge in [0.1, 0.15) is 0 Å². The highest BCUT2D eigenvalue weighted by Crippen LogP contribution is 2.19. The van der Waals surface area contributed by atoms with E-state index in [0.717, 1.165) is 6.61 Å². The molecule has 1 N–H and O–H groups in total. The zero-order chi connectivity index (χ0) is 11.3. The Kier molecular flexibility index (Phi) is 4.79. The molecule has 0 amide bonds. The molecule has 0 aromatic heterocycles. The van der Waals surface area contributed by atoms with Crippen LogP contribution in [0, 0.1) is 6.92 Å². The summed E-state index contributed by atoms with van der Waals surface area (Å²) in [5.41, 5.74) is 2.57. The fraction of sp³-hybridized carbons (Fsp3) is 0.538. The highest BCUT2D eigenvalue weighted by Gasteiger charge is 2.16. The van der Waals surface area contributed by atoms with Crippen molar-refractivity contribution in [2.75, 3.05) is 13.7 Å². The SMILES string of the molecule is CCOC(C)C(NC)c1ccc(C)cc1. The maximum atomic E-state index is 5.62. The van der Waals surface area contributed by atoms with E-state index in [4.69, 9.17) is 4.74 Å². The highest BCUT2D eigenvalue weighted by molar-refractivity contribution is 5.24. The van der Waals surface area contributed by atoms with Crippen LogP contribution >= 0.6 is 0 Å². The van der Waals surface area contributed by atoms with Crippen LogP contribution in [0.5, 0.6) is 0 Å². The monoisotopic (exact) mass is 207 g/mol. The van der Waals surface area contributed by atoms with Crippen LogP contribution in [0.4, 0.5) is 0 Å². The molecule has 0 aliphatic carbocycles. The maximum Gasteiger partial charge on any atom is 0.0741 e. The Bertz CT molecular complexity index is 281. The van der Waals surface area contributed by atoms with Crippen LogP contribution in [0.1, 0.15) is 31.0 Å². The van der Waals surface area contributed by atoms with Crippen molar-refractivity contribution in [3.63, 3.8) is 0 Å². The fourth-order valence-corrected chi connectivity index (χ4v) is 1.81. The van der Waals surface area contributed by atoms with Gasteiger partial charge in [-0.05, 0) is 33.4 Å². The minimum Gasteiger partial charge on any atom is -0.377 e. The van der Waals surface area contributed by atoms with Crippen LogP contribution in [0.3, 0.4) is 0 Å². The normalized spacial score (nSPS) is 14.9. The number of rotatable bonds is 5. The molecular weight excluding hydrogens is 186 g/mol. The fourth-order valence-electron chi connectivity index (χ4n) is 1.81. The van der Waals surface area contributed by atoms with Gasteiger partial charge in [0, 0.05) is 6.61 Å². The second kappa shape index (κ2) is 5.89. The highest BCUT2D eigenvalue weighted by atomic mass is 16.5. The van der Waals surface area contributed by atoms with Crippen molar-refractivity contribution in [2.24, 2.45) is 0 Å². The summed E-state index contributed by atoms with van der Waals surface area (Å²) >= 11 is 0. The lowest BCUT2D eigenvalue weighted by Gasteiger charge is -2.23. The summed E-state index contributed by atoms with van der Waals surface area (Å²) in [6, 6.07) is 8.86. The van der Waals surface area contributed by atoms with Crippen LogP contribution in [-0.4, -0.2) is 19.8 Å². The molecule has 0 heterocycles. The first kappa shape index (κ1) is 12.2. The van der Waals surface area contributed by atoms with E-state index in [9.17, 15) is 0 Å². The predicted octanol–water partition coefficient (Wildman–Crippen LogP) is 2.68. The minimum atomic E-state index is 0.197. The summed E-state index contributed by atoms with van der Waals surface area (Å²) in [5, 5.41) is 3.30. The second-order valence-corrected chi connectivity index (χ2v) is 3.84. The first-order valence-electron chi connectivity index (χ1n) is 5.54. The van der Waals surface area contributed by atoms with E-state index < -0.39 is 0 Å². The van der Waals surface area contributed by atoms with E-state index in [-0.39, 0.29) is 12.1 Å². The van der Waals surface area contributed by atoms with E-state index in [1.54, 1.807) is 0 Å². The molecule has 0 saturated carbocycles. The number of aryl methyl sites for hydroxylation is 1. The van der Waals surface area contributed by atoms with Crippen LogP contribution in [0.25, 0.3) is 0 Å². The van der Waals surface area contributed by atoms with Gasteiger partial charge in [0.05, 0.1) is 12.1 Å². The average Bonchev–Trinajstić information content (AvgIpc) is 2.22. The molecule has 2 atom stereocenters. The molecule has 0 saturated heterocycles. The number of hydrogen-bond acceptors (Lipinski definition) is 2. The number of hydrogen-bond donors (Lipinski definition) is 1. The van der Waals surface area contributed by atoms with Gasteiger partial charge in [-0.15, -0.1) is 0 Å². The Labute approximate surface area is 92.6 Å². The quantitative estimate of drug-likeness (QED) is 0.801. The Hall–Kier alpha value is -0.860. The van der Waals surface area contributed by atoms with Crippen LogP contribution in [0.2, 0.25) is 0 Å². The van der Waals surface area contributed by atoms with Gasteiger partial charge in [-0.1, -0.05) is 29.8 Å². The van der Waals surface area contributed by atoms with Gasteiger partial charge in [0.25, 0.3) is 0 Å². The van der Waals surface area contributed by atoms with Gasteiger partial charge in [-0.3, -0.25) is 0 Å². The van der Waals surface area contributed by atoms with E-state index in [1.165, 1.54) is 11.1 Å². The lowest BCUT2D eigenvalue weighted by Crippen LogP contribution is -2.29. The molecule has 1 aromatic carbocycles. The lowest BCUT2D eigenvalue weighted by atomic mass is 10.0. The number of likely N-dealkylation sites (N-methyl/N-ethyl adjacent to an activating group) is 1. The van der Waals surface area contributed by atoms with Gasteiger partial charge < -0.3 is 10.1 Å². The summed E-state index contributed by atoms with van der Waals surface area (Å²) in [6.07, 6.45) is 0.197. The van der Waals surface area contributed by atoms with E-state index >= 15 is 0 Å². The van der Waals surface area contributed by atoms with Gasteiger partial charge in [0.2, 0.25) is 0 Å². The lowest BCUT2D eigenvalue weighted by molar-refractivity contribution is 0.0493. The summed E-state index contributed by atoms with van der Waals surface area (Å²) in [4.78, 5) is 0. The molecular formula is C13H21NO. The summed E-state index contributed by atoms with van der Waals surface area (Å²) in [7, 11) is 1.97. The van der Waals surface area contributed by atoms with E-state index in [0.29, 0.717) is 0 Å². The van der Waals surface area contributed by atoms with Crippen molar-refractivity contribution in [3.8, 4) is 0 Å². The standard InChI is InChI=1S/C13H21NO/c1-5-15-11(3)13(14-4)12-8-6-10(2)7-9-12/h6-9,11,13-14H,5H2,1-4H3. The van der Waals surface area contributed by atoms with Gasteiger partial charge >= 0.3 is 0 Å². The number of nitrogens with one attached hydrogen (secondary N) is 1. The Balaban J connectivity index is 2.77. The minimum absolute atomic E-state index is 0.197. The molecule has 0 aliphatic heterocycles. The predicted molar refractivity (Wildman–Crippen MR) is 64.1 cm³/mol. The Morgan fingerprint density at radius 3 is 2.33 bits per heavy atom. The second-order valence-electron chi connectivity index (χ2n) is 3.84. The zero-order valence-corrected chi connectivity index (χ0v) is 10.1. The van der Waals surface area contributed by atoms with Crippen LogP contribution in [-0.2, 0) is 4.74 Å². The molecule has 2 heteroatoms. The molecule has 0 fully saturated rings. The summed E-state index contributed by atoms with van der Waals surface area (Å²) < 4.78 is 5.62. The molecule has 2 nitrogen and oxygen atoms in total. The third kappa shape index (κ3) is 3.33. The third-order valence-corrected chi connectivity index (χ3v) is 2.65. The van der Waals surface area contributed by atoms with Gasteiger partial charge in [-0.25, -0.2) is 0 Å². The summed E-state index contributed by atoms with van der Waals surface area (Å²) in [6.45, 7) is 6.98. The number of benzene rings is 1. The smallest absolute Gasteiger partial charge is 0.0741 e. The zero-order valence-electron chi connectivity index (χ0n) is 10.1. The van der Waals surface area contributed by atoms with E-state index in [1.807, 2.05) is 14.0 Å². The van der Waals surface area contributed by atoms with Crippen molar-refractivity contribution in [1.82, 2.24) is 5.32 Å². The summed E-state index contributed by atoms with van der Waals surface area (Å²) in [5.74, 6) is 0. The van der Waals surface area contributed by atoms with Crippen LogP contribution in [0.15, 0.2) is 24.3 Å². The molecule has 84 valence electrons. The van der Waals surface area contributed by atoms with Crippen molar-refractivity contribution < 1.29 is 4.74 Å². The van der Waals surface area contributed by atoms with Gasteiger partial charge in [-0.2, -0.15) is 0 Å². The average molecular weight is 207 g/mol. The van der Waals surface area contributed by atoms with Crippen LogP contribution < -0.4 is 5.32 Å². The third-order valence-electron chi connectivity index (χ3n) is 2.65. The molecule has 1 rings (SSSR count). The number of ether oxygens (including phenoxy) is 1. The first-order valence-corrected chi connectivity index (χ1v) is 5.54. The van der Waals surface area contributed by atoms with Crippen molar-refractivity contribution >= 4 is 0 Å². The van der Waals surface area contributed by atoms with Crippen molar-refractivity contribution in [2.45, 2.75) is 32.9 Å². The maximum absolute atomic E-state index is 5.62. The molecule has 0 aliphatic rings. The molecule has 0 spiro atoms. The van der Waals surface area contributed by atoms with Gasteiger partial charge in [0.15, 0.2) is 0 Å². The molecule has 15 heavy (non-hydrogen) atoms. The van der Waals surface area contributed by atoms with Crippen molar-refractivity contribution in [3.05, 3.63) is 35.4 Å². The molecule has 2 unspecified atom stereocenters. The molecule has 0 bridgehead atoms. The Morgan fingerprint density at radius 1 is 1.27 bits per heavy atom. The molecule has 1 aromatic rings. The van der Waals surface area contributed by atoms with Crippen molar-refractivity contribution in [1.29, 1.82) is 0 Å². The van der Waals surface area contributed by atoms with E-state index in [2.05, 4.69) is 43.4 Å². The molecule has 0 radical (unpaired) electrons. The Morgan fingerprint density at radius 2 is 1.87 bits per heavy atom. The topological polar surface area (TPSA) is 21.3 Å².